The molecule has 1 aromatic rings. The highest BCUT2D eigenvalue weighted by atomic mass is 19.1. The van der Waals surface area contributed by atoms with Crippen LogP contribution < -0.4 is 5.73 Å². The molecule has 14 heavy (non-hydrogen) atoms. The fraction of sp³-hybridized carbons (Fsp3) is 0.273. The van der Waals surface area contributed by atoms with Gasteiger partial charge in [-0.3, -0.25) is 0 Å². The molecule has 1 unspecified atom stereocenters. The van der Waals surface area contributed by atoms with E-state index in [9.17, 15) is 4.39 Å². The number of hydrogen-bond donors (Lipinski definition) is 2. The number of hydrogen-bond acceptors (Lipinski definition) is 2. The molecule has 1 rings (SSSR count). The molecular weight excluding hydrogens is 181 g/mol. The van der Waals surface area contributed by atoms with Gasteiger partial charge in [-0.1, -0.05) is 24.3 Å². The fourth-order valence-electron chi connectivity index (χ4n) is 1.03. The van der Waals surface area contributed by atoms with Crippen LogP contribution in [0.2, 0.25) is 0 Å². The number of aliphatic hydroxyl groups excluding tert-OH is 1. The van der Waals surface area contributed by atoms with Crippen molar-refractivity contribution in [1.82, 2.24) is 0 Å². The maximum atomic E-state index is 12.5. The number of aliphatic hydroxyl groups is 1. The molecule has 0 aliphatic heterocycles. The molecule has 0 aliphatic carbocycles. The van der Waals surface area contributed by atoms with E-state index in [0.717, 1.165) is 5.56 Å². The van der Waals surface area contributed by atoms with Gasteiger partial charge in [0.1, 0.15) is 5.82 Å². The van der Waals surface area contributed by atoms with E-state index in [1.165, 1.54) is 12.1 Å². The highest BCUT2D eigenvalue weighted by molar-refractivity contribution is 5.48. The molecule has 0 radical (unpaired) electrons. The first-order valence-corrected chi connectivity index (χ1v) is 4.51. The zero-order chi connectivity index (χ0) is 10.4. The number of halogens is 1. The Kier molecular flexibility index (Phi) is 4.29. The minimum absolute atomic E-state index is 0.0201. The Bertz CT molecular complexity index is 295. The summed E-state index contributed by atoms with van der Waals surface area (Å²) in [6.07, 6.45) is 4.34. The van der Waals surface area contributed by atoms with Crippen LogP contribution >= 0.6 is 0 Å². The van der Waals surface area contributed by atoms with Crippen LogP contribution in [0.5, 0.6) is 0 Å². The molecule has 3 N–H and O–H groups in total. The smallest absolute Gasteiger partial charge is 0.123 e. The summed E-state index contributed by atoms with van der Waals surface area (Å²) in [6, 6.07) is 5.98. The van der Waals surface area contributed by atoms with Crippen molar-refractivity contribution < 1.29 is 9.50 Å². The van der Waals surface area contributed by atoms with Crippen molar-refractivity contribution in [3.05, 3.63) is 41.7 Å². The van der Waals surface area contributed by atoms with Gasteiger partial charge in [0, 0.05) is 6.04 Å². The molecule has 0 heterocycles. The van der Waals surface area contributed by atoms with Gasteiger partial charge < -0.3 is 10.8 Å². The second kappa shape index (κ2) is 5.52. The third-order valence-corrected chi connectivity index (χ3v) is 1.85. The van der Waals surface area contributed by atoms with Gasteiger partial charge in [0.2, 0.25) is 0 Å². The van der Waals surface area contributed by atoms with Crippen molar-refractivity contribution in [2.75, 3.05) is 6.61 Å². The third-order valence-electron chi connectivity index (χ3n) is 1.85. The fourth-order valence-corrected chi connectivity index (χ4v) is 1.03. The average Bonchev–Trinajstić information content (AvgIpc) is 2.21. The highest BCUT2D eigenvalue weighted by Gasteiger charge is 1.95. The summed E-state index contributed by atoms with van der Waals surface area (Å²) < 4.78 is 12.5. The van der Waals surface area contributed by atoms with Gasteiger partial charge in [0.05, 0.1) is 6.61 Å². The normalized spacial score (nSPS) is 13.4. The maximum Gasteiger partial charge on any atom is 0.123 e. The highest BCUT2D eigenvalue weighted by Crippen LogP contribution is 2.05. The van der Waals surface area contributed by atoms with Gasteiger partial charge in [-0.05, 0) is 24.1 Å². The SMILES string of the molecule is NC(CO)C/C=C/c1ccc(F)cc1. The minimum atomic E-state index is -0.241. The largest absolute Gasteiger partial charge is 0.395 e. The van der Waals surface area contributed by atoms with Gasteiger partial charge in [-0.25, -0.2) is 4.39 Å². The lowest BCUT2D eigenvalue weighted by molar-refractivity contribution is 0.267. The molecule has 0 fully saturated rings. The van der Waals surface area contributed by atoms with Crippen molar-refractivity contribution >= 4 is 6.08 Å². The average molecular weight is 195 g/mol. The minimum Gasteiger partial charge on any atom is -0.395 e. The predicted octanol–water partition coefficient (Wildman–Crippen LogP) is 1.55. The monoisotopic (exact) mass is 195 g/mol. The Labute approximate surface area is 82.9 Å². The molecule has 2 nitrogen and oxygen atoms in total. The molecule has 0 saturated heterocycles. The van der Waals surface area contributed by atoms with E-state index in [2.05, 4.69) is 0 Å². The van der Waals surface area contributed by atoms with Crippen LogP contribution in [0.1, 0.15) is 12.0 Å². The molecule has 76 valence electrons. The third kappa shape index (κ3) is 3.68. The van der Waals surface area contributed by atoms with Crippen molar-refractivity contribution in [1.29, 1.82) is 0 Å². The Hall–Kier alpha value is -1.19. The molecule has 0 amide bonds. The van der Waals surface area contributed by atoms with E-state index in [-0.39, 0.29) is 18.5 Å². The summed E-state index contributed by atoms with van der Waals surface area (Å²) in [5.74, 6) is -0.241. The second-order valence-corrected chi connectivity index (χ2v) is 3.13. The molecule has 0 aromatic heterocycles. The summed E-state index contributed by atoms with van der Waals surface area (Å²) in [5.41, 5.74) is 6.43. The summed E-state index contributed by atoms with van der Waals surface area (Å²) >= 11 is 0. The first-order valence-electron chi connectivity index (χ1n) is 4.51. The van der Waals surface area contributed by atoms with Crippen LogP contribution in [0, 0.1) is 5.82 Å². The predicted molar refractivity (Wildman–Crippen MR) is 55.1 cm³/mol. The number of nitrogens with two attached hydrogens (primary N) is 1. The second-order valence-electron chi connectivity index (χ2n) is 3.13. The van der Waals surface area contributed by atoms with E-state index in [1.54, 1.807) is 12.1 Å². The maximum absolute atomic E-state index is 12.5. The Morgan fingerprint density at radius 2 is 2.00 bits per heavy atom. The van der Waals surface area contributed by atoms with Crippen LogP contribution in [0.4, 0.5) is 4.39 Å². The van der Waals surface area contributed by atoms with Gasteiger partial charge in [-0.15, -0.1) is 0 Å². The van der Waals surface area contributed by atoms with Gasteiger partial charge in [0.25, 0.3) is 0 Å². The molecule has 0 spiro atoms. The molecule has 0 aliphatic rings. The van der Waals surface area contributed by atoms with Crippen molar-refractivity contribution in [2.24, 2.45) is 5.73 Å². The van der Waals surface area contributed by atoms with Crippen LogP contribution in [-0.4, -0.2) is 17.8 Å². The summed E-state index contributed by atoms with van der Waals surface area (Å²) in [5, 5.41) is 8.66. The molecule has 3 heteroatoms. The van der Waals surface area contributed by atoms with Gasteiger partial charge in [0.15, 0.2) is 0 Å². The quantitative estimate of drug-likeness (QED) is 0.765. The van der Waals surface area contributed by atoms with Crippen LogP contribution in [0.25, 0.3) is 6.08 Å². The number of rotatable bonds is 4. The molecule has 0 saturated carbocycles. The Morgan fingerprint density at radius 1 is 1.36 bits per heavy atom. The molecular formula is C11H14FNO. The van der Waals surface area contributed by atoms with Crippen LogP contribution in [-0.2, 0) is 0 Å². The first kappa shape index (κ1) is 10.9. The van der Waals surface area contributed by atoms with Crippen molar-refractivity contribution in [3.63, 3.8) is 0 Å². The first-order chi connectivity index (χ1) is 6.72. The molecule has 1 atom stereocenters. The van der Waals surface area contributed by atoms with E-state index in [4.69, 9.17) is 10.8 Å². The lowest BCUT2D eigenvalue weighted by Gasteiger charge is -2.02. The standard InChI is InChI=1S/C11H14FNO/c12-10-6-4-9(5-7-10)2-1-3-11(13)8-14/h1-2,4-7,11,14H,3,8,13H2/b2-1+. The topological polar surface area (TPSA) is 46.2 Å². The van der Waals surface area contributed by atoms with E-state index in [1.807, 2.05) is 12.2 Å². The lowest BCUT2D eigenvalue weighted by Crippen LogP contribution is -2.22. The zero-order valence-corrected chi connectivity index (χ0v) is 7.86. The zero-order valence-electron chi connectivity index (χ0n) is 7.86. The van der Waals surface area contributed by atoms with E-state index >= 15 is 0 Å². The number of benzene rings is 1. The van der Waals surface area contributed by atoms with Crippen molar-refractivity contribution in [3.8, 4) is 0 Å². The van der Waals surface area contributed by atoms with Crippen LogP contribution in [0.3, 0.4) is 0 Å². The summed E-state index contributed by atoms with van der Waals surface area (Å²) in [6.45, 7) is -0.0201. The molecule has 0 bridgehead atoms. The Balaban J connectivity index is 2.48. The van der Waals surface area contributed by atoms with Crippen molar-refractivity contribution in [2.45, 2.75) is 12.5 Å². The van der Waals surface area contributed by atoms with E-state index in [0.29, 0.717) is 6.42 Å². The molecule has 1 aromatic carbocycles. The summed E-state index contributed by atoms with van der Waals surface area (Å²) in [4.78, 5) is 0. The summed E-state index contributed by atoms with van der Waals surface area (Å²) in [7, 11) is 0. The van der Waals surface area contributed by atoms with E-state index < -0.39 is 0 Å². The van der Waals surface area contributed by atoms with Gasteiger partial charge in [-0.2, -0.15) is 0 Å². The van der Waals surface area contributed by atoms with Gasteiger partial charge >= 0.3 is 0 Å². The lowest BCUT2D eigenvalue weighted by atomic mass is 10.1. The Morgan fingerprint density at radius 3 is 2.57 bits per heavy atom. The van der Waals surface area contributed by atoms with Crippen LogP contribution in [0.15, 0.2) is 30.3 Å².